The molecule has 2 aliphatic rings. The van der Waals surface area contributed by atoms with E-state index in [1.807, 2.05) is 20.8 Å². The second-order valence-electron chi connectivity index (χ2n) is 13.1. The number of Topliss-reactive ketones (excluding diaryl/α,β-unsaturated/α-hetero) is 1. The second-order valence-corrected chi connectivity index (χ2v) is 17.7. The lowest BCUT2D eigenvalue weighted by molar-refractivity contribution is -0.597. The van der Waals surface area contributed by atoms with Crippen molar-refractivity contribution in [2.45, 2.75) is 91.2 Å². The minimum atomic E-state index is -4.24. The summed E-state index contributed by atoms with van der Waals surface area (Å²) in [6.07, 6.45) is 1.44. The van der Waals surface area contributed by atoms with Gasteiger partial charge in [-0.25, -0.2) is 0 Å². The van der Waals surface area contributed by atoms with Crippen LogP contribution in [0.2, 0.25) is 0 Å². The molecule has 0 saturated heterocycles. The molecule has 4 nitrogen and oxygen atoms in total. The summed E-state index contributed by atoms with van der Waals surface area (Å²) in [6.45, 7) is 19.3. The molecule has 36 heavy (non-hydrogen) atoms. The summed E-state index contributed by atoms with van der Waals surface area (Å²) in [5, 5.41) is -1.19. The Morgan fingerprint density at radius 1 is 0.806 bits per heavy atom. The highest BCUT2D eigenvalue weighted by Crippen LogP contribution is 2.64. The fraction of sp³-hybridized carbons (Fsp3) is 0.567. The molecule has 0 heterocycles. The van der Waals surface area contributed by atoms with Gasteiger partial charge in [-0.2, -0.15) is 8.42 Å². The maximum absolute atomic E-state index is 12.0. The van der Waals surface area contributed by atoms with Crippen LogP contribution in [0.4, 0.5) is 0 Å². The molecule has 6 heteroatoms. The number of rotatable bonds is 3. The van der Waals surface area contributed by atoms with E-state index >= 15 is 0 Å². The van der Waals surface area contributed by atoms with Crippen molar-refractivity contribution in [3.63, 3.8) is 0 Å². The number of ketones is 1. The van der Waals surface area contributed by atoms with Crippen molar-refractivity contribution >= 4 is 15.9 Å². The summed E-state index contributed by atoms with van der Waals surface area (Å²) < 4.78 is 34.5. The Labute approximate surface area is 228 Å². The lowest BCUT2D eigenvalue weighted by Gasteiger charge is -2.32. The molecule has 2 fully saturated rings. The molecule has 1 N–H and O–H groups in total. The van der Waals surface area contributed by atoms with Crippen molar-refractivity contribution < 1.29 is 39.0 Å². The molecule has 3 atom stereocenters. The molecule has 0 radical (unpaired) electrons. The smallest absolute Gasteiger partial charge is 0.297 e. The van der Waals surface area contributed by atoms with Crippen LogP contribution in [0.5, 0.6) is 0 Å². The minimum absolute atomic E-state index is 0.0703. The fourth-order valence-electron chi connectivity index (χ4n) is 5.50. The third-order valence-corrected chi connectivity index (χ3v) is 12.3. The first kappa shape index (κ1) is 29.3. The Bertz CT molecular complexity index is 1140. The number of carbonyl (C=O) groups excluding carboxylic acids is 1. The van der Waals surface area contributed by atoms with E-state index in [2.05, 4.69) is 90.1 Å². The van der Waals surface area contributed by atoms with Gasteiger partial charge < -0.3 is 0 Å². The largest absolute Gasteiger partial charge is 0.357 e. The van der Waals surface area contributed by atoms with Crippen LogP contribution in [0.3, 0.4) is 0 Å². The number of halogens is 1. The van der Waals surface area contributed by atoms with Gasteiger partial charge in [0.2, 0.25) is 0 Å². The van der Waals surface area contributed by atoms with E-state index in [4.69, 9.17) is 4.55 Å². The molecule has 3 unspecified atom stereocenters. The van der Waals surface area contributed by atoms with Gasteiger partial charge in [-0.05, 0) is 70.4 Å². The Morgan fingerprint density at radius 3 is 1.44 bits per heavy atom. The minimum Gasteiger partial charge on any atom is -0.297 e. The predicted molar refractivity (Wildman–Crippen MR) is 143 cm³/mol. The third-order valence-electron chi connectivity index (χ3n) is 8.43. The Kier molecular flexibility index (Phi) is 7.99. The van der Waals surface area contributed by atoms with Crippen LogP contribution in [-0.2, 0) is 25.7 Å². The first-order chi connectivity index (χ1) is 16.3. The van der Waals surface area contributed by atoms with E-state index < -0.39 is 20.8 Å². The topological polar surface area (TPSA) is 71.4 Å². The van der Waals surface area contributed by atoms with Crippen molar-refractivity contribution in [2.75, 3.05) is 0 Å². The molecule has 0 spiro atoms. The van der Waals surface area contributed by atoms with Crippen LogP contribution in [0, 0.1) is 23.9 Å². The van der Waals surface area contributed by atoms with Crippen LogP contribution in [-0.4, -0.2) is 24.0 Å². The molecule has 2 aromatic carbocycles. The SMILES string of the molecule is CC(C)(C)c1ccc([I+]c2ccc(C(C)(C)C)cc2)cc1.CC12CCC(C(S(=O)(=O)O)C1=O)C2(C)C. The average Bonchev–Trinajstić information content (AvgIpc) is 3.05. The van der Waals surface area contributed by atoms with Crippen molar-refractivity contribution in [2.24, 2.45) is 16.7 Å². The van der Waals surface area contributed by atoms with E-state index in [1.54, 1.807) is 0 Å². The third kappa shape index (κ3) is 5.75. The van der Waals surface area contributed by atoms with Gasteiger partial charge in [0, 0.05) is 5.41 Å². The molecule has 4 rings (SSSR count). The van der Waals surface area contributed by atoms with Gasteiger partial charge in [0.05, 0.1) is 0 Å². The quantitative estimate of drug-likeness (QED) is 0.418. The summed E-state index contributed by atoms with van der Waals surface area (Å²) in [5.41, 5.74) is 2.40. The first-order valence-corrected chi connectivity index (χ1v) is 16.3. The van der Waals surface area contributed by atoms with Gasteiger partial charge in [0.15, 0.2) is 12.9 Å². The Morgan fingerprint density at radius 2 is 1.19 bits per heavy atom. The van der Waals surface area contributed by atoms with Crippen LogP contribution in [0.25, 0.3) is 0 Å². The zero-order valence-electron chi connectivity index (χ0n) is 23.1. The van der Waals surface area contributed by atoms with Crippen molar-refractivity contribution in [1.82, 2.24) is 0 Å². The number of fused-ring (bicyclic) bond motifs is 2. The summed E-state index contributed by atoms with van der Waals surface area (Å²) in [4.78, 5) is 12.0. The molecule has 2 aliphatic carbocycles. The molecular formula is C30H42IO4S+. The molecule has 2 bridgehead atoms. The molecule has 0 amide bonds. The highest BCUT2D eigenvalue weighted by Gasteiger charge is 2.69. The summed E-state index contributed by atoms with van der Waals surface area (Å²) >= 11 is -0.0703. The number of carbonyl (C=O) groups is 1. The fourth-order valence-corrected chi connectivity index (χ4v) is 9.08. The van der Waals surface area contributed by atoms with Crippen molar-refractivity contribution in [3.8, 4) is 0 Å². The number of hydrogen-bond donors (Lipinski definition) is 1. The zero-order valence-corrected chi connectivity index (χ0v) is 26.1. The normalized spacial score (nSPS) is 25.4. The van der Waals surface area contributed by atoms with E-state index in [9.17, 15) is 13.2 Å². The molecular weight excluding hydrogens is 583 g/mol. The molecule has 198 valence electrons. The van der Waals surface area contributed by atoms with Gasteiger partial charge in [0.25, 0.3) is 10.1 Å². The molecule has 2 saturated carbocycles. The standard InChI is InChI=1S/C20H26I.C10H16O4S/c1-19(2,3)15-7-11-17(12-8-15)21-18-13-9-16(10-14-18)20(4,5)6;1-9(2)6-4-5-10(9,3)8(11)7(6)15(12,13)14/h7-14H,1-6H3;6-7H,4-5H2,1-3H3,(H,12,13,14)/q+1;. The van der Waals surface area contributed by atoms with Gasteiger partial charge in [-0.3, -0.25) is 9.35 Å². The van der Waals surface area contributed by atoms with Gasteiger partial charge in [0.1, 0.15) is 5.25 Å². The lowest BCUT2D eigenvalue weighted by atomic mass is 9.70. The van der Waals surface area contributed by atoms with E-state index in [-0.39, 0.29) is 49.2 Å². The highest BCUT2D eigenvalue weighted by atomic mass is 127. The zero-order chi connectivity index (χ0) is 27.3. The Balaban J connectivity index is 0.000000212. The maximum atomic E-state index is 12.0. The molecule has 2 aromatic rings. The first-order valence-electron chi connectivity index (χ1n) is 12.6. The molecule has 0 aromatic heterocycles. The maximum Gasteiger partial charge on any atom is 0.357 e. The van der Waals surface area contributed by atoms with E-state index in [0.29, 0.717) is 6.42 Å². The lowest BCUT2D eigenvalue weighted by Crippen LogP contribution is -3.61. The summed E-state index contributed by atoms with van der Waals surface area (Å²) in [5.74, 6) is -0.531. The van der Waals surface area contributed by atoms with Crippen molar-refractivity contribution in [3.05, 3.63) is 66.8 Å². The van der Waals surface area contributed by atoms with Crippen LogP contribution < -0.4 is 21.2 Å². The molecule has 0 aliphatic heterocycles. The van der Waals surface area contributed by atoms with Gasteiger partial charge in [-0.15, -0.1) is 0 Å². The Hall–Kier alpha value is -1.25. The van der Waals surface area contributed by atoms with E-state index in [0.717, 1.165) is 6.42 Å². The highest BCUT2D eigenvalue weighted by molar-refractivity contribution is 7.87. The number of hydrogen-bond acceptors (Lipinski definition) is 3. The average molecular weight is 626 g/mol. The second kappa shape index (κ2) is 9.81. The van der Waals surface area contributed by atoms with Crippen LogP contribution in [0.1, 0.15) is 86.3 Å². The van der Waals surface area contributed by atoms with Crippen molar-refractivity contribution in [1.29, 1.82) is 0 Å². The summed E-state index contributed by atoms with van der Waals surface area (Å²) in [7, 11) is -4.24. The predicted octanol–water partition coefficient (Wildman–Crippen LogP) is 3.68. The van der Waals surface area contributed by atoms with Gasteiger partial charge >= 0.3 is 21.2 Å². The van der Waals surface area contributed by atoms with Crippen LogP contribution >= 0.6 is 0 Å². The summed E-state index contributed by atoms with van der Waals surface area (Å²) in [6, 6.07) is 18.4. The van der Waals surface area contributed by atoms with E-state index in [1.165, 1.54) is 18.3 Å². The van der Waals surface area contributed by atoms with Crippen LogP contribution in [0.15, 0.2) is 48.5 Å². The number of benzene rings is 2. The van der Waals surface area contributed by atoms with Gasteiger partial charge in [-0.1, -0.05) is 86.6 Å². The monoisotopic (exact) mass is 625 g/mol.